The fourth-order valence-electron chi connectivity index (χ4n) is 3.95. The normalized spacial score (nSPS) is 11.6. The van der Waals surface area contributed by atoms with Crippen molar-refractivity contribution >= 4 is 21.8 Å². The maximum Gasteiger partial charge on any atom is 0.200 e. The number of rotatable bonds is 2. The summed E-state index contributed by atoms with van der Waals surface area (Å²) in [6, 6.07) is 14.8. The molecule has 0 fully saturated rings. The van der Waals surface area contributed by atoms with Crippen molar-refractivity contribution in [1.82, 2.24) is 4.57 Å². The topological polar surface area (TPSA) is 4.93 Å². The van der Waals surface area contributed by atoms with E-state index in [4.69, 9.17) is 0 Å². The average molecular weight is 445 g/mol. The van der Waals surface area contributed by atoms with Gasteiger partial charge in [-0.15, -0.1) is 0 Å². The summed E-state index contributed by atoms with van der Waals surface area (Å²) in [4.78, 5) is 0. The van der Waals surface area contributed by atoms with Crippen molar-refractivity contribution in [2.75, 3.05) is 0 Å². The summed E-state index contributed by atoms with van der Waals surface area (Å²) in [5.74, 6) is -13.6. The molecule has 0 radical (unpaired) electrons. The molecule has 0 amide bonds. The molecule has 0 unspecified atom stereocenters. The average Bonchev–Trinajstić information content (AvgIpc) is 3.11. The first kappa shape index (κ1) is 20.1. The Balaban J connectivity index is 1.82. The van der Waals surface area contributed by atoms with Crippen molar-refractivity contribution in [2.24, 2.45) is 0 Å². The zero-order chi connectivity index (χ0) is 22.7. The quantitative estimate of drug-likeness (QED) is 0.151. The van der Waals surface area contributed by atoms with Gasteiger partial charge in [0, 0.05) is 10.8 Å². The lowest BCUT2D eigenvalue weighted by molar-refractivity contribution is 0.381. The van der Waals surface area contributed by atoms with E-state index in [1.807, 2.05) is 0 Å². The fraction of sp³-hybridized carbons (Fsp3) is 0. The molecule has 5 aromatic rings. The van der Waals surface area contributed by atoms with Crippen molar-refractivity contribution in [3.63, 3.8) is 0 Å². The van der Waals surface area contributed by atoms with E-state index >= 15 is 8.78 Å². The first-order valence-electron chi connectivity index (χ1n) is 9.30. The van der Waals surface area contributed by atoms with Crippen LogP contribution in [0.3, 0.4) is 0 Å². The van der Waals surface area contributed by atoms with Crippen LogP contribution in [0.5, 0.6) is 0 Å². The zero-order valence-electron chi connectivity index (χ0n) is 15.9. The van der Waals surface area contributed by atoms with E-state index in [-0.39, 0.29) is 0 Å². The Labute approximate surface area is 175 Å². The summed E-state index contributed by atoms with van der Waals surface area (Å²) in [6.07, 6.45) is 0. The highest BCUT2D eigenvalue weighted by Crippen LogP contribution is 2.37. The predicted molar refractivity (Wildman–Crippen MR) is 106 cm³/mol. The molecule has 0 atom stereocenters. The third kappa shape index (κ3) is 2.72. The van der Waals surface area contributed by atoms with Crippen LogP contribution >= 0.6 is 0 Å². The molecule has 1 heterocycles. The molecule has 0 aliphatic heterocycles. The number of hydrogen-bond acceptors (Lipinski definition) is 0. The molecule has 0 aliphatic rings. The van der Waals surface area contributed by atoms with Crippen molar-refractivity contribution in [3.8, 4) is 16.8 Å². The first-order valence-corrected chi connectivity index (χ1v) is 9.30. The zero-order valence-corrected chi connectivity index (χ0v) is 15.9. The molecular formula is C24H10F7N. The lowest BCUT2D eigenvalue weighted by Gasteiger charge is -2.14. The highest BCUT2D eigenvalue weighted by molar-refractivity contribution is 6.09. The maximum absolute atomic E-state index is 15.2. The van der Waals surface area contributed by atoms with Gasteiger partial charge in [-0.2, -0.15) is 0 Å². The fourth-order valence-corrected chi connectivity index (χ4v) is 3.95. The lowest BCUT2D eigenvalue weighted by Crippen LogP contribution is -2.06. The van der Waals surface area contributed by atoms with Gasteiger partial charge in [-0.05, 0) is 29.8 Å². The van der Waals surface area contributed by atoms with Crippen molar-refractivity contribution in [3.05, 3.63) is 101 Å². The van der Waals surface area contributed by atoms with Crippen LogP contribution in [0.15, 0.2) is 60.7 Å². The Bertz CT molecular complexity index is 1450. The van der Waals surface area contributed by atoms with Gasteiger partial charge in [0.15, 0.2) is 34.9 Å². The number of hydrogen-bond donors (Lipinski definition) is 0. The molecule has 0 spiro atoms. The minimum Gasteiger partial charge on any atom is -0.304 e. The van der Waals surface area contributed by atoms with Gasteiger partial charge < -0.3 is 4.57 Å². The van der Waals surface area contributed by atoms with Crippen LogP contribution in [0.25, 0.3) is 38.6 Å². The minimum atomic E-state index is -2.36. The summed E-state index contributed by atoms with van der Waals surface area (Å²) in [7, 11) is 0. The second-order valence-corrected chi connectivity index (χ2v) is 7.10. The highest BCUT2D eigenvalue weighted by atomic mass is 19.2. The Morgan fingerprint density at radius 1 is 0.500 bits per heavy atom. The summed E-state index contributed by atoms with van der Waals surface area (Å²) in [5, 5.41) is 1.43. The first-order chi connectivity index (χ1) is 15.3. The molecule has 5 rings (SSSR count). The SMILES string of the molecule is Fc1cc(-c2c(F)c(F)c(F)c(F)c2F)cc(F)c1-n1c2ccccc2c2ccccc21. The molecule has 0 aliphatic carbocycles. The van der Waals surface area contributed by atoms with Crippen LogP contribution in [-0.2, 0) is 0 Å². The van der Waals surface area contributed by atoms with E-state index in [9.17, 15) is 22.0 Å². The summed E-state index contributed by atoms with van der Waals surface area (Å²) >= 11 is 0. The van der Waals surface area contributed by atoms with E-state index in [0.717, 1.165) is 0 Å². The van der Waals surface area contributed by atoms with Gasteiger partial charge in [-0.3, -0.25) is 0 Å². The van der Waals surface area contributed by atoms with Gasteiger partial charge in [-0.1, -0.05) is 36.4 Å². The van der Waals surface area contributed by atoms with Crippen LogP contribution < -0.4 is 0 Å². The molecular weight excluding hydrogens is 435 g/mol. The Kier molecular flexibility index (Phi) is 4.47. The molecule has 32 heavy (non-hydrogen) atoms. The van der Waals surface area contributed by atoms with Gasteiger partial charge in [0.25, 0.3) is 0 Å². The van der Waals surface area contributed by atoms with E-state index in [1.165, 1.54) is 4.57 Å². The van der Waals surface area contributed by atoms with Gasteiger partial charge in [-0.25, -0.2) is 30.7 Å². The molecule has 0 saturated carbocycles. The van der Waals surface area contributed by atoms with Crippen molar-refractivity contribution in [2.45, 2.75) is 0 Å². The number of halogens is 7. The molecule has 0 N–H and O–H groups in total. The molecule has 0 bridgehead atoms. The second-order valence-electron chi connectivity index (χ2n) is 7.10. The molecule has 1 aromatic heterocycles. The molecule has 0 saturated heterocycles. The van der Waals surface area contributed by atoms with Crippen molar-refractivity contribution < 1.29 is 30.7 Å². The van der Waals surface area contributed by atoms with Gasteiger partial charge in [0.2, 0.25) is 5.82 Å². The largest absolute Gasteiger partial charge is 0.304 e. The third-order valence-corrected chi connectivity index (χ3v) is 5.32. The predicted octanol–water partition coefficient (Wildman–Crippen LogP) is 7.42. The molecule has 1 nitrogen and oxygen atoms in total. The number of para-hydroxylation sites is 2. The van der Waals surface area contributed by atoms with E-state index in [1.54, 1.807) is 48.5 Å². The van der Waals surface area contributed by atoms with Gasteiger partial charge >= 0.3 is 0 Å². The van der Waals surface area contributed by atoms with Crippen molar-refractivity contribution in [1.29, 1.82) is 0 Å². The monoisotopic (exact) mass is 445 g/mol. The number of aromatic nitrogens is 1. The lowest BCUT2D eigenvalue weighted by atomic mass is 10.0. The van der Waals surface area contributed by atoms with Gasteiger partial charge in [0.05, 0.1) is 16.6 Å². The minimum absolute atomic E-state index is 0.468. The number of fused-ring (bicyclic) bond motifs is 3. The maximum atomic E-state index is 15.2. The Hall–Kier alpha value is -3.81. The van der Waals surface area contributed by atoms with Crippen LogP contribution in [0.1, 0.15) is 0 Å². The highest BCUT2D eigenvalue weighted by Gasteiger charge is 2.28. The number of benzene rings is 4. The second kappa shape index (κ2) is 7.12. The Morgan fingerprint density at radius 3 is 1.38 bits per heavy atom. The van der Waals surface area contributed by atoms with E-state index < -0.39 is 57.5 Å². The summed E-state index contributed by atoms with van der Waals surface area (Å²) in [5.41, 5.74) is -1.84. The third-order valence-electron chi connectivity index (χ3n) is 5.32. The van der Waals surface area contributed by atoms with Crippen LogP contribution in [0.2, 0.25) is 0 Å². The molecule has 4 aromatic carbocycles. The number of nitrogens with zero attached hydrogens (tertiary/aromatic N) is 1. The molecule has 160 valence electrons. The van der Waals surface area contributed by atoms with Gasteiger partial charge in [0.1, 0.15) is 5.69 Å². The van der Waals surface area contributed by atoms with Crippen LogP contribution in [0, 0.1) is 40.7 Å². The summed E-state index contributed by atoms with van der Waals surface area (Å²) < 4.78 is 101. The summed E-state index contributed by atoms with van der Waals surface area (Å²) in [6.45, 7) is 0. The van der Waals surface area contributed by atoms with E-state index in [2.05, 4.69) is 0 Å². The standard InChI is InChI=1S/C24H10F7N/c25-14-9-11(18-19(27)21(29)23(31)22(30)20(18)28)10-15(26)24(14)32-16-7-3-1-5-12(16)13-6-2-4-8-17(13)32/h1-10H. The Morgan fingerprint density at radius 2 is 0.906 bits per heavy atom. The van der Waals surface area contributed by atoms with Crippen LogP contribution in [0.4, 0.5) is 30.7 Å². The smallest absolute Gasteiger partial charge is 0.200 e. The van der Waals surface area contributed by atoms with Crippen LogP contribution in [-0.4, -0.2) is 4.57 Å². The van der Waals surface area contributed by atoms with E-state index in [0.29, 0.717) is 33.9 Å². The molecule has 8 heteroatoms.